The molecule has 0 aromatic rings. The van der Waals surface area contributed by atoms with Gasteiger partial charge in [0, 0.05) is 19.5 Å². The lowest BCUT2D eigenvalue weighted by Gasteiger charge is -2.36. The third-order valence-electron chi connectivity index (χ3n) is 1.86. The van der Waals surface area contributed by atoms with Crippen LogP contribution in [0.1, 0.15) is 13.3 Å². The van der Waals surface area contributed by atoms with E-state index in [1.165, 1.54) is 0 Å². The third-order valence-corrected chi connectivity index (χ3v) is 2.17. The summed E-state index contributed by atoms with van der Waals surface area (Å²) in [6.45, 7) is 2.82. The highest BCUT2D eigenvalue weighted by atomic mass is 35.5. The molecule has 11 heavy (non-hydrogen) atoms. The van der Waals surface area contributed by atoms with Crippen molar-refractivity contribution in [1.29, 1.82) is 0 Å². The van der Waals surface area contributed by atoms with E-state index in [4.69, 9.17) is 11.6 Å². The van der Waals surface area contributed by atoms with Crippen LogP contribution in [0.4, 0.5) is 0 Å². The number of amides is 1. The van der Waals surface area contributed by atoms with Gasteiger partial charge in [-0.25, -0.2) is 0 Å². The Kier molecular flexibility index (Phi) is 2.49. The summed E-state index contributed by atoms with van der Waals surface area (Å²) >= 11 is 5.22. The molecule has 0 radical (unpaired) electrons. The maximum atomic E-state index is 10.9. The van der Waals surface area contributed by atoms with Crippen molar-refractivity contribution >= 4 is 22.8 Å². The van der Waals surface area contributed by atoms with Gasteiger partial charge in [-0.15, -0.1) is 0 Å². The van der Waals surface area contributed by atoms with E-state index < -0.39 is 0 Å². The van der Waals surface area contributed by atoms with Gasteiger partial charge in [0.15, 0.2) is 0 Å². The maximum absolute atomic E-state index is 10.9. The Bertz CT molecular complexity index is 187. The van der Waals surface area contributed by atoms with Gasteiger partial charge in [-0.1, -0.05) is 6.92 Å². The highest BCUT2D eigenvalue weighted by Crippen LogP contribution is 2.18. The van der Waals surface area contributed by atoms with Crippen LogP contribution in [-0.2, 0) is 9.59 Å². The molecule has 0 spiro atoms. The third kappa shape index (κ3) is 1.71. The highest BCUT2D eigenvalue weighted by molar-refractivity contribution is 6.64. The van der Waals surface area contributed by atoms with Gasteiger partial charge < -0.3 is 4.90 Å². The zero-order chi connectivity index (χ0) is 8.43. The molecule has 1 aliphatic rings. The molecule has 0 unspecified atom stereocenters. The Balaban J connectivity index is 2.29. The summed E-state index contributed by atoms with van der Waals surface area (Å²) in [7, 11) is 0. The van der Waals surface area contributed by atoms with E-state index in [0.717, 1.165) is 0 Å². The largest absolute Gasteiger partial charge is 0.341 e. The summed E-state index contributed by atoms with van der Waals surface area (Å²) < 4.78 is 0. The molecule has 3 nitrogen and oxygen atoms in total. The van der Waals surface area contributed by atoms with Gasteiger partial charge >= 0.3 is 0 Å². The number of carbonyl (C=O) groups excluding carboxylic acids is 2. The number of rotatable bonds is 2. The predicted molar refractivity (Wildman–Crippen MR) is 41.2 cm³/mol. The first-order valence-corrected chi connectivity index (χ1v) is 4.00. The molecule has 0 saturated carbocycles. The molecule has 4 heteroatoms. The minimum absolute atomic E-state index is 0.0965. The summed E-state index contributed by atoms with van der Waals surface area (Å²) in [5.74, 6) is -0.0219. The lowest BCUT2D eigenvalue weighted by molar-refractivity contribution is -0.139. The number of halogens is 1. The lowest BCUT2D eigenvalue weighted by atomic mass is 10.0. The molecule has 1 saturated heterocycles. The molecule has 0 N–H and O–H groups in total. The maximum Gasteiger partial charge on any atom is 0.228 e. The first kappa shape index (κ1) is 8.53. The monoisotopic (exact) mass is 175 g/mol. The van der Waals surface area contributed by atoms with E-state index in [1.54, 1.807) is 11.8 Å². The molecular formula is C7H10ClNO2. The first-order valence-electron chi connectivity index (χ1n) is 3.62. The van der Waals surface area contributed by atoms with Crippen LogP contribution in [-0.4, -0.2) is 29.1 Å². The number of hydrogen-bond donors (Lipinski definition) is 0. The van der Waals surface area contributed by atoms with E-state index in [2.05, 4.69) is 0 Å². The number of carbonyl (C=O) groups is 2. The number of nitrogens with zero attached hydrogens (tertiary/aromatic N) is 1. The van der Waals surface area contributed by atoms with Crippen LogP contribution in [0.3, 0.4) is 0 Å². The highest BCUT2D eigenvalue weighted by Gasteiger charge is 2.33. The van der Waals surface area contributed by atoms with Crippen molar-refractivity contribution in [2.24, 2.45) is 5.92 Å². The van der Waals surface area contributed by atoms with E-state index in [1.807, 2.05) is 0 Å². The average molecular weight is 176 g/mol. The van der Waals surface area contributed by atoms with Crippen LogP contribution >= 0.6 is 11.6 Å². The summed E-state index contributed by atoms with van der Waals surface area (Å²) in [4.78, 5) is 23.1. The van der Waals surface area contributed by atoms with Gasteiger partial charge in [0.25, 0.3) is 0 Å². The second-order valence-electron chi connectivity index (χ2n) is 2.65. The van der Waals surface area contributed by atoms with Crippen LogP contribution in [0, 0.1) is 5.92 Å². The zero-order valence-corrected chi connectivity index (χ0v) is 7.10. The minimum atomic E-state index is -0.329. The van der Waals surface area contributed by atoms with Gasteiger partial charge in [0.2, 0.25) is 11.1 Å². The van der Waals surface area contributed by atoms with Crippen LogP contribution in [0.15, 0.2) is 0 Å². The quantitative estimate of drug-likeness (QED) is 0.577. The average Bonchev–Trinajstić information content (AvgIpc) is 1.83. The number of hydrogen-bond acceptors (Lipinski definition) is 2. The normalized spacial score (nSPS) is 17.8. The molecular weight excluding hydrogens is 166 g/mol. The van der Waals surface area contributed by atoms with E-state index in [0.29, 0.717) is 19.5 Å². The second kappa shape index (κ2) is 3.22. The molecule has 1 aliphatic heterocycles. The summed E-state index contributed by atoms with van der Waals surface area (Å²) in [5.41, 5.74) is 0. The van der Waals surface area contributed by atoms with Crippen molar-refractivity contribution < 1.29 is 9.59 Å². The molecule has 0 atom stereocenters. The van der Waals surface area contributed by atoms with Crippen molar-refractivity contribution in [3.05, 3.63) is 0 Å². The molecule has 1 amide bonds. The van der Waals surface area contributed by atoms with Gasteiger partial charge in [-0.2, -0.15) is 0 Å². The lowest BCUT2D eigenvalue weighted by Crippen LogP contribution is -2.51. The van der Waals surface area contributed by atoms with Crippen LogP contribution < -0.4 is 0 Å². The van der Waals surface area contributed by atoms with Gasteiger partial charge in [-0.05, 0) is 11.6 Å². The molecule has 0 aromatic carbocycles. The molecule has 1 rings (SSSR count). The Hall–Kier alpha value is -0.570. The fourth-order valence-electron chi connectivity index (χ4n) is 1.05. The fourth-order valence-corrected chi connectivity index (χ4v) is 1.19. The van der Waals surface area contributed by atoms with Gasteiger partial charge in [0.1, 0.15) is 0 Å². The summed E-state index contributed by atoms with van der Waals surface area (Å²) in [6, 6.07) is 0. The van der Waals surface area contributed by atoms with Crippen LogP contribution in [0.2, 0.25) is 0 Å². The second-order valence-corrected chi connectivity index (χ2v) is 3.03. The van der Waals surface area contributed by atoms with Gasteiger partial charge in [-0.3, -0.25) is 9.59 Å². The van der Waals surface area contributed by atoms with Crippen molar-refractivity contribution in [2.45, 2.75) is 13.3 Å². The predicted octanol–water partition coefficient (Wildman–Crippen LogP) is 0.620. The molecule has 62 valence electrons. The van der Waals surface area contributed by atoms with Crippen molar-refractivity contribution in [3.8, 4) is 0 Å². The Morgan fingerprint density at radius 1 is 1.55 bits per heavy atom. The fraction of sp³-hybridized carbons (Fsp3) is 0.714. The topological polar surface area (TPSA) is 37.4 Å². The SMILES string of the molecule is CCC(=O)N1CC(C(=O)Cl)C1. The van der Waals surface area contributed by atoms with Gasteiger partial charge in [0.05, 0.1) is 5.92 Å². The summed E-state index contributed by atoms with van der Waals surface area (Å²) in [6.07, 6.45) is 0.503. The molecule has 1 fully saturated rings. The standard InChI is InChI=1S/C7H10ClNO2/c1-2-6(10)9-3-5(4-9)7(8)11/h5H,2-4H2,1H3. The minimum Gasteiger partial charge on any atom is -0.341 e. The Morgan fingerprint density at radius 3 is 2.45 bits per heavy atom. The van der Waals surface area contributed by atoms with Crippen LogP contribution in [0.25, 0.3) is 0 Å². The number of likely N-dealkylation sites (tertiary alicyclic amines) is 1. The Labute approximate surface area is 70.3 Å². The van der Waals surface area contributed by atoms with Crippen LogP contribution in [0.5, 0.6) is 0 Å². The Morgan fingerprint density at radius 2 is 2.09 bits per heavy atom. The summed E-state index contributed by atoms with van der Waals surface area (Å²) in [5, 5.41) is -0.329. The zero-order valence-electron chi connectivity index (χ0n) is 6.34. The molecule has 0 bridgehead atoms. The van der Waals surface area contributed by atoms with Crippen molar-refractivity contribution in [2.75, 3.05) is 13.1 Å². The van der Waals surface area contributed by atoms with E-state index in [9.17, 15) is 9.59 Å². The smallest absolute Gasteiger partial charge is 0.228 e. The van der Waals surface area contributed by atoms with Crippen molar-refractivity contribution in [1.82, 2.24) is 4.90 Å². The molecule has 0 aliphatic carbocycles. The van der Waals surface area contributed by atoms with E-state index >= 15 is 0 Å². The molecule has 1 heterocycles. The first-order chi connectivity index (χ1) is 5.15. The molecule has 0 aromatic heterocycles. The van der Waals surface area contributed by atoms with E-state index in [-0.39, 0.29) is 17.1 Å². The van der Waals surface area contributed by atoms with Crippen molar-refractivity contribution in [3.63, 3.8) is 0 Å².